The number of ether oxygens (including phenoxy) is 3. The number of alkyl halides is 1. The molecule has 0 spiro atoms. The maximum absolute atomic E-state index is 11.0. The van der Waals surface area contributed by atoms with Gasteiger partial charge in [-0.25, -0.2) is 0 Å². The lowest BCUT2D eigenvalue weighted by atomic mass is 10.1. The Balaban J connectivity index is 2.20. The predicted molar refractivity (Wildman–Crippen MR) is 73.7 cm³/mol. The minimum atomic E-state index is -0.476. The molecule has 1 saturated heterocycles. The van der Waals surface area contributed by atoms with E-state index < -0.39 is 4.92 Å². The summed E-state index contributed by atoms with van der Waals surface area (Å²) >= 11 is 5.72. The van der Waals surface area contributed by atoms with E-state index in [1.54, 1.807) is 0 Å². The fraction of sp³-hybridized carbons (Fsp3) is 0.538. The molecule has 110 valence electrons. The van der Waals surface area contributed by atoms with Crippen molar-refractivity contribution in [2.24, 2.45) is 0 Å². The second kappa shape index (κ2) is 6.76. The number of halogens is 1. The molecule has 0 aromatic heterocycles. The Hall–Kier alpha value is -1.53. The molecule has 0 bridgehead atoms. The van der Waals surface area contributed by atoms with E-state index in [9.17, 15) is 10.1 Å². The molecule has 1 heterocycles. The van der Waals surface area contributed by atoms with Crippen LogP contribution in [0.3, 0.4) is 0 Å². The molecule has 1 fully saturated rings. The number of methoxy groups -OCH3 is 1. The Labute approximate surface area is 121 Å². The highest BCUT2D eigenvalue weighted by Gasteiger charge is 2.21. The average molecular weight is 302 g/mol. The number of nitro benzene ring substituents is 1. The minimum Gasteiger partial charge on any atom is -0.493 e. The predicted octanol–water partition coefficient (Wildman–Crippen LogP) is 2.90. The first-order valence-corrected chi connectivity index (χ1v) is 6.84. The second-order valence-corrected chi connectivity index (χ2v) is 4.74. The molecular weight excluding hydrogens is 286 g/mol. The summed E-state index contributed by atoms with van der Waals surface area (Å²) in [6.45, 7) is 1.09. The molecule has 20 heavy (non-hydrogen) atoms. The van der Waals surface area contributed by atoms with Gasteiger partial charge in [-0.05, 0) is 18.9 Å². The summed E-state index contributed by atoms with van der Waals surface area (Å²) in [6, 6.07) is 2.89. The van der Waals surface area contributed by atoms with Crippen LogP contribution in [-0.2, 0) is 10.6 Å². The molecule has 1 unspecified atom stereocenters. The second-order valence-electron chi connectivity index (χ2n) is 4.47. The number of rotatable bonds is 6. The summed E-state index contributed by atoms with van der Waals surface area (Å²) in [5.74, 6) is 0.811. The van der Waals surface area contributed by atoms with E-state index in [1.807, 2.05) is 0 Å². The highest BCUT2D eigenvalue weighted by Crippen LogP contribution is 2.35. The molecule has 1 atom stereocenters. The lowest BCUT2D eigenvalue weighted by Crippen LogP contribution is -2.16. The van der Waals surface area contributed by atoms with Crippen molar-refractivity contribution in [3.8, 4) is 11.5 Å². The van der Waals surface area contributed by atoms with Crippen LogP contribution in [0.25, 0.3) is 0 Å². The molecule has 0 radical (unpaired) electrons. The van der Waals surface area contributed by atoms with Crippen molar-refractivity contribution >= 4 is 17.3 Å². The third-order valence-electron chi connectivity index (χ3n) is 3.15. The zero-order valence-corrected chi connectivity index (χ0v) is 11.9. The van der Waals surface area contributed by atoms with Crippen molar-refractivity contribution in [3.05, 3.63) is 27.8 Å². The van der Waals surface area contributed by atoms with Gasteiger partial charge in [-0.15, -0.1) is 11.6 Å². The fourth-order valence-corrected chi connectivity index (χ4v) is 2.31. The Morgan fingerprint density at radius 1 is 1.50 bits per heavy atom. The maximum atomic E-state index is 11.0. The van der Waals surface area contributed by atoms with E-state index in [0.29, 0.717) is 23.7 Å². The van der Waals surface area contributed by atoms with E-state index in [1.165, 1.54) is 19.2 Å². The molecule has 2 rings (SSSR count). The molecule has 1 aromatic carbocycles. The Morgan fingerprint density at radius 3 is 2.85 bits per heavy atom. The van der Waals surface area contributed by atoms with Crippen molar-refractivity contribution in [2.75, 3.05) is 20.3 Å². The van der Waals surface area contributed by atoms with Crippen molar-refractivity contribution in [3.63, 3.8) is 0 Å². The minimum absolute atomic E-state index is 0.0338. The first-order chi connectivity index (χ1) is 9.65. The third-order valence-corrected chi connectivity index (χ3v) is 3.44. The highest BCUT2D eigenvalue weighted by molar-refractivity contribution is 6.17. The third kappa shape index (κ3) is 3.32. The topological polar surface area (TPSA) is 70.8 Å². The number of benzene rings is 1. The lowest BCUT2D eigenvalue weighted by Gasteiger charge is -2.14. The number of hydrogen-bond acceptors (Lipinski definition) is 5. The van der Waals surface area contributed by atoms with Crippen LogP contribution in [0.15, 0.2) is 12.1 Å². The number of nitrogens with zero attached hydrogens (tertiary/aromatic N) is 1. The van der Waals surface area contributed by atoms with Crippen LogP contribution < -0.4 is 9.47 Å². The molecule has 0 aliphatic carbocycles. The average Bonchev–Trinajstić information content (AvgIpc) is 2.97. The molecule has 1 aliphatic rings. The molecule has 1 aromatic rings. The normalized spacial score (nSPS) is 18.0. The summed E-state index contributed by atoms with van der Waals surface area (Å²) in [7, 11) is 1.48. The maximum Gasteiger partial charge on any atom is 0.277 e. The van der Waals surface area contributed by atoms with Crippen molar-refractivity contribution in [1.29, 1.82) is 0 Å². The van der Waals surface area contributed by atoms with Gasteiger partial charge in [0.25, 0.3) is 5.69 Å². The molecular formula is C13H16ClNO5. The molecule has 0 N–H and O–H groups in total. The Bertz CT molecular complexity index is 488. The van der Waals surface area contributed by atoms with E-state index in [4.69, 9.17) is 25.8 Å². The van der Waals surface area contributed by atoms with Crippen LogP contribution in [0.2, 0.25) is 0 Å². The molecule has 6 nitrogen and oxygen atoms in total. The summed E-state index contributed by atoms with van der Waals surface area (Å²) in [5, 5.41) is 11.0. The monoisotopic (exact) mass is 301 g/mol. The summed E-state index contributed by atoms with van der Waals surface area (Å²) in [4.78, 5) is 10.5. The summed E-state index contributed by atoms with van der Waals surface area (Å²) in [6.07, 6.45) is 1.98. The molecule has 1 aliphatic heterocycles. The van der Waals surface area contributed by atoms with Crippen molar-refractivity contribution < 1.29 is 19.1 Å². The van der Waals surface area contributed by atoms with Crippen LogP contribution in [-0.4, -0.2) is 31.4 Å². The van der Waals surface area contributed by atoms with E-state index in [0.717, 1.165) is 19.4 Å². The van der Waals surface area contributed by atoms with E-state index >= 15 is 0 Å². The fourth-order valence-electron chi connectivity index (χ4n) is 2.10. The van der Waals surface area contributed by atoms with Gasteiger partial charge in [-0.1, -0.05) is 0 Å². The van der Waals surface area contributed by atoms with Gasteiger partial charge in [-0.3, -0.25) is 10.1 Å². The number of nitro groups is 1. The standard InChI is InChI=1S/C13H16ClNO5/c1-18-12-5-9(7-14)11(15(16)17)6-13(12)20-8-10-3-2-4-19-10/h5-6,10H,2-4,7-8H2,1H3. The largest absolute Gasteiger partial charge is 0.493 e. The quantitative estimate of drug-likeness (QED) is 0.459. The van der Waals surface area contributed by atoms with Gasteiger partial charge in [0.2, 0.25) is 0 Å². The van der Waals surface area contributed by atoms with Gasteiger partial charge in [0.1, 0.15) is 6.61 Å². The van der Waals surface area contributed by atoms with Crippen LogP contribution in [0.5, 0.6) is 11.5 Å². The Kier molecular flexibility index (Phi) is 5.03. The van der Waals surface area contributed by atoms with Gasteiger partial charge in [0.05, 0.1) is 30.1 Å². The van der Waals surface area contributed by atoms with Gasteiger partial charge in [-0.2, -0.15) is 0 Å². The van der Waals surface area contributed by atoms with Crippen LogP contribution in [0.4, 0.5) is 5.69 Å². The van der Waals surface area contributed by atoms with Crippen LogP contribution >= 0.6 is 11.6 Å². The first kappa shape index (κ1) is 14.9. The van der Waals surface area contributed by atoms with Crippen molar-refractivity contribution in [2.45, 2.75) is 24.8 Å². The van der Waals surface area contributed by atoms with Gasteiger partial charge >= 0.3 is 0 Å². The summed E-state index contributed by atoms with van der Waals surface area (Å²) < 4.78 is 16.2. The highest BCUT2D eigenvalue weighted by atomic mass is 35.5. The molecule has 0 saturated carbocycles. The van der Waals surface area contributed by atoms with Crippen LogP contribution in [0, 0.1) is 10.1 Å². The van der Waals surface area contributed by atoms with Gasteiger partial charge in [0, 0.05) is 12.2 Å². The van der Waals surface area contributed by atoms with E-state index in [2.05, 4.69) is 0 Å². The van der Waals surface area contributed by atoms with Gasteiger partial charge < -0.3 is 14.2 Å². The zero-order valence-electron chi connectivity index (χ0n) is 11.1. The van der Waals surface area contributed by atoms with Crippen LogP contribution in [0.1, 0.15) is 18.4 Å². The number of hydrogen-bond donors (Lipinski definition) is 0. The Morgan fingerprint density at radius 2 is 2.30 bits per heavy atom. The lowest BCUT2D eigenvalue weighted by molar-refractivity contribution is -0.385. The summed E-state index contributed by atoms with van der Waals surface area (Å²) in [5.41, 5.74) is 0.334. The molecule has 7 heteroatoms. The van der Waals surface area contributed by atoms with E-state index in [-0.39, 0.29) is 17.7 Å². The zero-order chi connectivity index (χ0) is 14.5. The first-order valence-electron chi connectivity index (χ1n) is 6.31. The SMILES string of the molecule is COc1cc(CCl)c([N+](=O)[O-])cc1OCC1CCCO1. The molecule has 0 amide bonds. The van der Waals surface area contributed by atoms with Crippen molar-refractivity contribution in [1.82, 2.24) is 0 Å². The smallest absolute Gasteiger partial charge is 0.277 e. The van der Waals surface area contributed by atoms with Gasteiger partial charge in [0.15, 0.2) is 11.5 Å².